The summed E-state index contributed by atoms with van der Waals surface area (Å²) in [5, 5.41) is 0.630. The molecular formula is C26H30ClN3O4. The van der Waals surface area contributed by atoms with Crippen LogP contribution in [0.1, 0.15) is 47.7 Å². The minimum atomic E-state index is -0.495. The van der Waals surface area contributed by atoms with Crippen molar-refractivity contribution in [2.45, 2.75) is 46.6 Å². The average Bonchev–Trinajstić information content (AvgIpc) is 2.80. The Bertz CT molecular complexity index is 1350. The lowest BCUT2D eigenvalue weighted by Gasteiger charge is -2.27. The summed E-state index contributed by atoms with van der Waals surface area (Å²) in [7, 11) is 0. The van der Waals surface area contributed by atoms with Gasteiger partial charge in [-0.15, -0.1) is 0 Å². The van der Waals surface area contributed by atoms with Gasteiger partial charge in [0.1, 0.15) is 0 Å². The van der Waals surface area contributed by atoms with Gasteiger partial charge >= 0.3 is 11.7 Å². The normalized spacial score (nSPS) is 14.5. The topological polar surface area (TPSA) is 73.5 Å². The summed E-state index contributed by atoms with van der Waals surface area (Å²) in [6.45, 7) is 8.65. The number of likely N-dealkylation sites (tertiary alicyclic amines) is 1. The summed E-state index contributed by atoms with van der Waals surface area (Å²) >= 11 is 6.40. The number of esters is 1. The van der Waals surface area contributed by atoms with Gasteiger partial charge in [0.2, 0.25) is 0 Å². The second-order valence-corrected chi connectivity index (χ2v) is 9.14. The van der Waals surface area contributed by atoms with Crippen molar-refractivity contribution >= 4 is 28.5 Å². The molecule has 1 fully saturated rings. The van der Waals surface area contributed by atoms with Crippen LogP contribution >= 0.6 is 11.6 Å². The highest BCUT2D eigenvalue weighted by molar-refractivity contribution is 6.32. The van der Waals surface area contributed by atoms with E-state index < -0.39 is 17.2 Å². The van der Waals surface area contributed by atoms with E-state index in [-0.39, 0.29) is 6.61 Å². The highest BCUT2D eigenvalue weighted by atomic mass is 35.5. The van der Waals surface area contributed by atoms with Crippen molar-refractivity contribution in [2.24, 2.45) is 0 Å². The van der Waals surface area contributed by atoms with Crippen LogP contribution in [0, 0.1) is 13.8 Å². The number of fused-ring (bicyclic) bond motifs is 1. The van der Waals surface area contributed by atoms with Crippen LogP contribution in [-0.4, -0.2) is 46.2 Å². The monoisotopic (exact) mass is 483 g/mol. The number of nitrogens with zero attached hydrogens (tertiary/aromatic N) is 3. The molecule has 0 atom stereocenters. The van der Waals surface area contributed by atoms with Gasteiger partial charge in [-0.2, -0.15) is 0 Å². The molecular weight excluding hydrogens is 454 g/mol. The third-order valence-electron chi connectivity index (χ3n) is 6.55. The summed E-state index contributed by atoms with van der Waals surface area (Å²) < 4.78 is 8.01. The van der Waals surface area contributed by atoms with Gasteiger partial charge in [-0.05, 0) is 76.0 Å². The van der Waals surface area contributed by atoms with Crippen LogP contribution in [0.2, 0.25) is 5.02 Å². The van der Waals surface area contributed by atoms with Crippen LogP contribution in [0.25, 0.3) is 16.6 Å². The van der Waals surface area contributed by atoms with E-state index in [0.717, 1.165) is 30.5 Å². The molecule has 3 aromatic rings. The van der Waals surface area contributed by atoms with Crippen LogP contribution in [-0.2, 0) is 11.3 Å². The maximum absolute atomic E-state index is 13.8. The molecule has 8 heteroatoms. The van der Waals surface area contributed by atoms with Gasteiger partial charge < -0.3 is 9.64 Å². The highest BCUT2D eigenvalue weighted by Gasteiger charge is 2.23. The standard InChI is InChI=1S/C26H30ClN3O4/c1-4-34-25(32)22-17(2)16-21-23(18(22)3)24(31)30(20-11-7-6-10-19(20)27)26(33)29(21)15-14-28-12-8-5-9-13-28/h6-7,10-11,16H,4-5,8-9,12-15H2,1-3H3. The van der Waals surface area contributed by atoms with Gasteiger partial charge in [-0.1, -0.05) is 30.2 Å². The Hall–Kier alpha value is -2.90. The van der Waals surface area contributed by atoms with E-state index in [4.69, 9.17) is 16.3 Å². The molecule has 180 valence electrons. The molecule has 2 heterocycles. The molecule has 2 aromatic carbocycles. The van der Waals surface area contributed by atoms with E-state index in [2.05, 4.69) is 4.90 Å². The summed E-state index contributed by atoms with van der Waals surface area (Å²) in [4.78, 5) is 42.5. The molecule has 0 aliphatic carbocycles. The molecule has 0 unspecified atom stereocenters. The Labute approximate surface area is 203 Å². The Morgan fingerprint density at radius 2 is 1.76 bits per heavy atom. The zero-order valence-electron chi connectivity index (χ0n) is 19.9. The summed E-state index contributed by atoms with van der Waals surface area (Å²) in [6, 6.07) is 8.55. The summed E-state index contributed by atoms with van der Waals surface area (Å²) in [5.74, 6) is -0.478. The van der Waals surface area contributed by atoms with E-state index in [0.29, 0.717) is 51.4 Å². The van der Waals surface area contributed by atoms with Crippen molar-refractivity contribution in [3.63, 3.8) is 0 Å². The third-order valence-corrected chi connectivity index (χ3v) is 6.86. The average molecular weight is 484 g/mol. The van der Waals surface area contributed by atoms with Crippen LogP contribution < -0.4 is 11.2 Å². The number of halogens is 1. The van der Waals surface area contributed by atoms with E-state index in [1.807, 2.05) is 0 Å². The zero-order chi connectivity index (χ0) is 24.4. The van der Waals surface area contributed by atoms with Crippen molar-refractivity contribution < 1.29 is 9.53 Å². The second-order valence-electron chi connectivity index (χ2n) is 8.74. The van der Waals surface area contributed by atoms with Gasteiger partial charge in [-0.25, -0.2) is 14.2 Å². The molecule has 34 heavy (non-hydrogen) atoms. The van der Waals surface area contributed by atoms with Crippen molar-refractivity contribution in [2.75, 3.05) is 26.2 Å². The molecule has 0 saturated carbocycles. The molecule has 1 aromatic heterocycles. The lowest BCUT2D eigenvalue weighted by Crippen LogP contribution is -2.42. The maximum atomic E-state index is 13.8. The molecule has 0 radical (unpaired) electrons. The number of aromatic nitrogens is 2. The third kappa shape index (κ3) is 4.42. The fourth-order valence-corrected chi connectivity index (χ4v) is 5.09. The summed E-state index contributed by atoms with van der Waals surface area (Å²) in [5.41, 5.74) is 1.45. The van der Waals surface area contributed by atoms with Gasteiger partial charge in [-0.3, -0.25) is 9.36 Å². The van der Waals surface area contributed by atoms with E-state index >= 15 is 0 Å². The number of carbonyl (C=O) groups excluding carboxylic acids is 1. The highest BCUT2D eigenvalue weighted by Crippen LogP contribution is 2.25. The number of ether oxygens (including phenoxy) is 1. The van der Waals surface area contributed by atoms with Crippen molar-refractivity contribution in [3.05, 3.63) is 72.9 Å². The number of hydrogen-bond donors (Lipinski definition) is 0. The van der Waals surface area contributed by atoms with E-state index in [1.54, 1.807) is 55.7 Å². The van der Waals surface area contributed by atoms with Gasteiger partial charge in [0, 0.05) is 13.1 Å². The number of hydrogen-bond acceptors (Lipinski definition) is 5. The largest absolute Gasteiger partial charge is 0.462 e. The molecule has 1 aliphatic rings. The SMILES string of the molecule is CCOC(=O)c1c(C)cc2c(c1C)c(=O)n(-c1ccccc1Cl)c(=O)n2CCN1CCCCC1. The lowest BCUT2D eigenvalue weighted by atomic mass is 9.98. The smallest absolute Gasteiger partial charge is 0.338 e. The van der Waals surface area contributed by atoms with Crippen LogP contribution in [0.15, 0.2) is 39.9 Å². The molecule has 1 saturated heterocycles. The second kappa shape index (κ2) is 10.2. The first kappa shape index (κ1) is 24.2. The number of para-hydroxylation sites is 1. The Morgan fingerprint density at radius 3 is 2.44 bits per heavy atom. The quantitative estimate of drug-likeness (QED) is 0.494. The number of carbonyl (C=O) groups is 1. The molecule has 0 N–H and O–H groups in total. The number of rotatable bonds is 6. The van der Waals surface area contributed by atoms with Gasteiger partial charge in [0.05, 0.1) is 33.8 Å². The minimum Gasteiger partial charge on any atom is -0.462 e. The van der Waals surface area contributed by atoms with Crippen molar-refractivity contribution in [1.29, 1.82) is 0 Å². The van der Waals surface area contributed by atoms with Crippen LogP contribution in [0.3, 0.4) is 0 Å². The minimum absolute atomic E-state index is 0.231. The molecule has 1 aliphatic heterocycles. The first-order valence-corrected chi connectivity index (χ1v) is 12.2. The molecule has 0 amide bonds. The fraction of sp³-hybridized carbons (Fsp3) is 0.423. The maximum Gasteiger partial charge on any atom is 0.338 e. The number of piperidine rings is 1. The molecule has 0 spiro atoms. The lowest BCUT2D eigenvalue weighted by molar-refractivity contribution is 0.0525. The fourth-order valence-electron chi connectivity index (χ4n) is 4.87. The molecule has 0 bridgehead atoms. The Balaban J connectivity index is 2.00. The van der Waals surface area contributed by atoms with Crippen LogP contribution in [0.5, 0.6) is 0 Å². The Morgan fingerprint density at radius 1 is 1.06 bits per heavy atom. The molecule has 7 nitrogen and oxygen atoms in total. The summed E-state index contributed by atoms with van der Waals surface area (Å²) in [6.07, 6.45) is 3.53. The molecule has 4 rings (SSSR count). The number of benzene rings is 2. The predicted molar refractivity (Wildman–Crippen MR) is 135 cm³/mol. The first-order chi connectivity index (χ1) is 16.3. The van der Waals surface area contributed by atoms with E-state index in [1.165, 1.54) is 6.42 Å². The van der Waals surface area contributed by atoms with Crippen LogP contribution in [0.4, 0.5) is 0 Å². The predicted octanol–water partition coefficient (Wildman–Crippen LogP) is 4.09. The first-order valence-electron chi connectivity index (χ1n) is 11.8. The van der Waals surface area contributed by atoms with Gasteiger partial charge in [0.15, 0.2) is 0 Å². The van der Waals surface area contributed by atoms with Crippen molar-refractivity contribution in [1.82, 2.24) is 14.0 Å². The van der Waals surface area contributed by atoms with E-state index in [9.17, 15) is 14.4 Å². The number of aryl methyl sites for hydroxylation is 2. The van der Waals surface area contributed by atoms with Gasteiger partial charge in [0.25, 0.3) is 5.56 Å². The zero-order valence-corrected chi connectivity index (χ0v) is 20.7. The Kier molecular flexibility index (Phi) is 7.24. The van der Waals surface area contributed by atoms with Crippen molar-refractivity contribution in [3.8, 4) is 5.69 Å².